The van der Waals surface area contributed by atoms with Crippen LogP contribution in [0.25, 0.3) is 0 Å². The number of hydrogen-bond acceptors (Lipinski definition) is 6. The second kappa shape index (κ2) is 14.2. The van der Waals surface area contributed by atoms with E-state index in [1.807, 2.05) is 13.8 Å². The Labute approximate surface area is 260 Å². The van der Waals surface area contributed by atoms with E-state index in [1.54, 1.807) is 24.3 Å². The lowest BCUT2D eigenvalue weighted by molar-refractivity contribution is -0.194. The SMILES string of the molecule is CCOC(=O)/C(F)=C/[C@H](C[C@H]1CCNC1=O)NC(=O)[C@@H]1[C@@H]2CC[C@@H](CC2(F)F)N1C(=O)[C@H](CC(C)C)Nc1cccc(Cl)c1. The number of alkyl halides is 2. The number of benzene rings is 1. The second-order valence-electron chi connectivity index (χ2n) is 12.2. The summed E-state index contributed by atoms with van der Waals surface area (Å²) in [4.78, 5) is 53.7. The van der Waals surface area contributed by atoms with E-state index in [0.29, 0.717) is 36.5 Å². The van der Waals surface area contributed by atoms with Gasteiger partial charge in [0.05, 0.1) is 18.6 Å². The molecule has 0 radical (unpaired) electrons. The van der Waals surface area contributed by atoms with Crippen molar-refractivity contribution >= 4 is 41.0 Å². The van der Waals surface area contributed by atoms with Crippen LogP contribution in [0.15, 0.2) is 36.2 Å². The fraction of sp³-hybridized carbons (Fsp3) is 0.613. The van der Waals surface area contributed by atoms with Gasteiger partial charge in [-0.05, 0) is 69.2 Å². The summed E-state index contributed by atoms with van der Waals surface area (Å²) in [5.41, 5.74) is 0.569. The molecule has 242 valence electrons. The highest BCUT2D eigenvalue weighted by molar-refractivity contribution is 6.30. The Bertz CT molecular complexity index is 1280. The van der Waals surface area contributed by atoms with Gasteiger partial charge in [0.25, 0.3) is 5.92 Å². The highest BCUT2D eigenvalue weighted by Crippen LogP contribution is 2.49. The number of nitrogens with one attached hydrogen (secondary N) is 3. The van der Waals surface area contributed by atoms with Gasteiger partial charge in [-0.25, -0.2) is 13.6 Å². The summed E-state index contributed by atoms with van der Waals surface area (Å²) in [7, 11) is 0. The van der Waals surface area contributed by atoms with Gasteiger partial charge in [-0.3, -0.25) is 14.4 Å². The number of amides is 3. The topological polar surface area (TPSA) is 117 Å². The van der Waals surface area contributed by atoms with Gasteiger partial charge < -0.3 is 25.6 Å². The first-order valence-electron chi connectivity index (χ1n) is 15.1. The first-order chi connectivity index (χ1) is 20.8. The third-order valence-corrected chi connectivity index (χ3v) is 8.71. The molecule has 44 heavy (non-hydrogen) atoms. The Morgan fingerprint density at radius 2 is 1.98 bits per heavy atom. The number of nitrogens with zero attached hydrogens (tertiary/aromatic N) is 1. The number of hydrogen-bond donors (Lipinski definition) is 3. The molecule has 1 saturated carbocycles. The Morgan fingerprint density at radius 3 is 2.59 bits per heavy atom. The molecule has 1 aromatic carbocycles. The van der Waals surface area contributed by atoms with Crippen LogP contribution in [0.1, 0.15) is 59.3 Å². The molecule has 3 aliphatic heterocycles. The maximum Gasteiger partial charge on any atom is 0.366 e. The zero-order chi connectivity index (χ0) is 32.2. The zero-order valence-corrected chi connectivity index (χ0v) is 25.8. The van der Waals surface area contributed by atoms with Gasteiger partial charge in [0.2, 0.25) is 23.5 Å². The number of halogens is 4. The van der Waals surface area contributed by atoms with Crippen molar-refractivity contribution in [3.05, 3.63) is 41.2 Å². The molecular weight excluding hydrogens is 601 g/mol. The molecule has 9 nitrogen and oxygen atoms in total. The van der Waals surface area contributed by atoms with Crippen LogP contribution in [0, 0.1) is 17.8 Å². The van der Waals surface area contributed by atoms with Gasteiger partial charge in [-0.15, -0.1) is 0 Å². The first kappa shape index (κ1) is 33.6. The normalized spacial score (nSPS) is 25.8. The summed E-state index contributed by atoms with van der Waals surface area (Å²) in [5, 5.41) is 8.90. The van der Waals surface area contributed by atoms with E-state index in [-0.39, 0.29) is 31.3 Å². The van der Waals surface area contributed by atoms with E-state index in [0.717, 1.165) is 6.08 Å². The molecule has 3 N–H and O–H groups in total. The number of ether oxygens (including phenoxy) is 1. The largest absolute Gasteiger partial charge is 0.461 e. The molecule has 0 aromatic heterocycles. The average Bonchev–Trinajstić information content (AvgIpc) is 3.35. The molecule has 4 fully saturated rings. The van der Waals surface area contributed by atoms with Crippen LogP contribution in [0.2, 0.25) is 5.02 Å². The third kappa shape index (κ3) is 7.86. The minimum atomic E-state index is -3.21. The number of piperidine rings is 2. The van der Waals surface area contributed by atoms with E-state index < -0.39 is 72.0 Å². The standard InChI is InChI=1S/C31H40ClF3N4O5/c1-4-44-30(43)24(33)15-21(13-18-10-11-36-27(18)40)38-28(41)26-23-9-8-22(16-31(23,34)35)39(26)29(42)25(12-17(2)3)37-20-7-5-6-19(32)14-20/h5-7,14-15,17-18,21-23,25-26,37H,4,8-13,16H2,1-3H3,(H,36,40)(H,38,41)/b24-15-/t18-,21+,22+,23+,25+,26+/m1/s1. The zero-order valence-electron chi connectivity index (χ0n) is 25.1. The van der Waals surface area contributed by atoms with E-state index in [9.17, 15) is 23.6 Å². The molecule has 1 aromatic rings. The first-order valence-corrected chi connectivity index (χ1v) is 15.5. The number of rotatable bonds is 12. The van der Waals surface area contributed by atoms with Gasteiger partial charge in [-0.1, -0.05) is 31.5 Å². The predicted octanol–water partition coefficient (Wildman–Crippen LogP) is 4.61. The molecule has 1 aliphatic carbocycles. The number of fused-ring (bicyclic) bond motifs is 3. The van der Waals surface area contributed by atoms with Gasteiger partial charge in [0.15, 0.2) is 0 Å². The number of anilines is 1. The van der Waals surface area contributed by atoms with Crippen molar-refractivity contribution in [1.82, 2.24) is 15.5 Å². The van der Waals surface area contributed by atoms with Gasteiger partial charge in [-0.2, -0.15) is 4.39 Å². The summed E-state index contributed by atoms with van der Waals surface area (Å²) in [6.45, 7) is 5.67. The summed E-state index contributed by atoms with van der Waals surface area (Å²) >= 11 is 6.14. The van der Waals surface area contributed by atoms with Crippen molar-refractivity contribution < 1.29 is 37.1 Å². The fourth-order valence-corrected chi connectivity index (χ4v) is 6.72. The quantitative estimate of drug-likeness (QED) is 0.227. The Hall–Kier alpha value is -3.28. The lowest BCUT2D eigenvalue weighted by atomic mass is 9.71. The fourth-order valence-electron chi connectivity index (χ4n) is 6.53. The number of carbonyl (C=O) groups excluding carboxylic acids is 4. The average molecular weight is 641 g/mol. The van der Waals surface area contributed by atoms with Crippen molar-refractivity contribution in [1.29, 1.82) is 0 Å². The molecule has 3 saturated heterocycles. The highest BCUT2D eigenvalue weighted by Gasteiger charge is 2.61. The third-order valence-electron chi connectivity index (χ3n) is 8.48. The van der Waals surface area contributed by atoms with E-state index >= 15 is 8.78 Å². The van der Waals surface area contributed by atoms with Crippen LogP contribution >= 0.6 is 11.6 Å². The molecule has 3 heterocycles. The van der Waals surface area contributed by atoms with Crippen molar-refractivity contribution in [2.45, 2.75) is 89.4 Å². The van der Waals surface area contributed by atoms with E-state index in [1.165, 1.54) is 11.8 Å². The smallest absolute Gasteiger partial charge is 0.366 e. The molecule has 13 heteroatoms. The van der Waals surface area contributed by atoms with Crippen LogP contribution in [-0.4, -0.2) is 71.8 Å². The minimum Gasteiger partial charge on any atom is -0.461 e. The van der Waals surface area contributed by atoms with Crippen molar-refractivity contribution in [3.63, 3.8) is 0 Å². The number of esters is 1. The van der Waals surface area contributed by atoms with E-state index in [2.05, 4.69) is 16.0 Å². The Balaban J connectivity index is 1.65. The Kier molecular flexibility index (Phi) is 10.9. The number of carbonyl (C=O) groups is 4. The highest BCUT2D eigenvalue weighted by atomic mass is 35.5. The maximum atomic E-state index is 15.3. The molecule has 0 unspecified atom stereocenters. The Morgan fingerprint density at radius 1 is 1.23 bits per heavy atom. The lowest BCUT2D eigenvalue weighted by Gasteiger charge is -2.54. The van der Waals surface area contributed by atoms with Gasteiger partial charge in [0.1, 0.15) is 12.1 Å². The van der Waals surface area contributed by atoms with Gasteiger partial charge >= 0.3 is 5.97 Å². The van der Waals surface area contributed by atoms with E-state index in [4.69, 9.17) is 16.3 Å². The minimum absolute atomic E-state index is 0.0266. The van der Waals surface area contributed by atoms with Crippen molar-refractivity contribution in [3.8, 4) is 0 Å². The van der Waals surface area contributed by atoms with Gasteiger partial charge in [0, 0.05) is 35.6 Å². The molecule has 5 rings (SSSR count). The summed E-state index contributed by atoms with van der Waals surface area (Å²) in [6.07, 6.45) is 1.32. The van der Waals surface area contributed by atoms with Crippen molar-refractivity contribution in [2.75, 3.05) is 18.5 Å². The van der Waals surface area contributed by atoms with Crippen LogP contribution in [-0.2, 0) is 23.9 Å². The molecule has 0 spiro atoms. The molecule has 6 atom stereocenters. The molecular formula is C31H40ClF3N4O5. The summed E-state index contributed by atoms with van der Waals surface area (Å²) in [6, 6.07) is 2.33. The van der Waals surface area contributed by atoms with Crippen LogP contribution < -0.4 is 16.0 Å². The molecule has 3 amide bonds. The summed E-state index contributed by atoms with van der Waals surface area (Å²) in [5.74, 6) is -9.42. The van der Waals surface area contributed by atoms with Crippen molar-refractivity contribution in [2.24, 2.45) is 17.8 Å². The van der Waals surface area contributed by atoms with Crippen LogP contribution in [0.4, 0.5) is 18.9 Å². The molecule has 2 bridgehead atoms. The molecule has 4 aliphatic rings. The predicted molar refractivity (Wildman–Crippen MR) is 159 cm³/mol. The van der Waals surface area contributed by atoms with Crippen LogP contribution in [0.5, 0.6) is 0 Å². The summed E-state index contributed by atoms with van der Waals surface area (Å²) < 4.78 is 50.1. The van der Waals surface area contributed by atoms with Crippen LogP contribution in [0.3, 0.4) is 0 Å². The second-order valence-corrected chi connectivity index (χ2v) is 12.6. The maximum absolute atomic E-state index is 15.3. The monoisotopic (exact) mass is 640 g/mol. The lowest BCUT2D eigenvalue weighted by Crippen LogP contribution is -2.70.